The minimum atomic E-state index is -0.901. The van der Waals surface area contributed by atoms with Crippen LogP contribution in [0.5, 0.6) is 0 Å². The van der Waals surface area contributed by atoms with Crippen LogP contribution in [0, 0.1) is 5.21 Å². The number of carboxylic acid groups (broad SMARTS) is 1. The molecular weight excluding hydrogens is 1780 g/mol. The highest BCUT2D eigenvalue weighted by Gasteiger charge is 2.22. The van der Waals surface area contributed by atoms with Crippen molar-refractivity contribution in [2.75, 3.05) is 94.8 Å². The molecule has 3 aliphatic rings. The Bertz CT molecular complexity index is 6980. The van der Waals surface area contributed by atoms with Gasteiger partial charge in [-0.2, -0.15) is 4.73 Å². The van der Waals surface area contributed by atoms with Gasteiger partial charge in [-0.05, 0) is 284 Å². The van der Waals surface area contributed by atoms with E-state index >= 15 is 0 Å². The summed E-state index contributed by atoms with van der Waals surface area (Å²) < 4.78 is 33.3. The average molecular weight is 1890 g/mol. The first-order valence-electron chi connectivity index (χ1n) is 44.5. The number of anilines is 4. The van der Waals surface area contributed by atoms with Crippen molar-refractivity contribution in [2.24, 2.45) is 0 Å². The lowest BCUT2D eigenvalue weighted by atomic mass is 10.00. The van der Waals surface area contributed by atoms with Gasteiger partial charge in [-0.25, -0.2) is 53.5 Å². The van der Waals surface area contributed by atoms with E-state index in [4.69, 9.17) is 36.1 Å². The number of esters is 7. The van der Waals surface area contributed by atoms with E-state index in [2.05, 4.69) is 63.6 Å². The Labute approximate surface area is 800 Å². The van der Waals surface area contributed by atoms with E-state index < -0.39 is 35.6 Å². The number of aromatic nitrogens is 7. The SMILES string of the molecule is CC(=O)OC(C)=O.CC(C)(C)OC(=O)Nc1ccccc1CC(=O)c1ccc2nc(N3CCCCC3)ccc2c1.COC(=O)c1ccc2[nH]c(=O)ccc2c1.COC(=O)c1ccc2c(ccc[n+]2[O-])c1.COC(=O)c1ccc2nc(Cl)ccc2c1.COC(=O)c1ccc2nc(N3CCCCC3)ccc2c1.COC(=O)c1ccc2ncccc2c1.O=C(O)c1ccc2nc(N3CCCCC3)ccc2c1. The molecule has 1 amide bonds. The number of H-pyrrole nitrogens is 1. The van der Waals surface area contributed by atoms with Crippen LogP contribution in [0.3, 0.4) is 0 Å². The van der Waals surface area contributed by atoms with Gasteiger partial charge in [-0.15, -0.1) is 0 Å². The van der Waals surface area contributed by atoms with Gasteiger partial charge in [0.05, 0.1) is 96.5 Å². The number of halogens is 1. The van der Waals surface area contributed by atoms with E-state index in [1.165, 1.54) is 119 Å². The number of benzene rings is 8. The molecule has 32 heteroatoms. The molecule has 0 unspecified atom stereocenters. The van der Waals surface area contributed by atoms with Gasteiger partial charge < -0.3 is 63.2 Å². The van der Waals surface area contributed by atoms with Gasteiger partial charge in [0.15, 0.2) is 12.0 Å². The molecule has 3 N–H and O–H groups in total. The zero-order chi connectivity index (χ0) is 99.0. The monoisotopic (exact) mass is 1890 g/mol. The lowest BCUT2D eigenvalue weighted by molar-refractivity contribution is -0.577. The maximum Gasteiger partial charge on any atom is 0.412 e. The standard InChI is InChI=1S/C27H31N3O3.C16H18N2O2.C15H16N2O2.C11H8ClNO2.2C11H9NO3.C11H9NO2.C4H6O3/c1-27(2,3)33-26(32)29-22-10-6-5-9-19(22)18-24(31)21-11-13-23-20(17-21)12-14-25(28-23)30-15-7-4-8-16-30;1-20-16(19)13-5-7-14-12(11-13)6-8-15(17-14)18-9-3-2-4-10-18;18-15(19)12-4-6-13-11(10-12)5-7-14(16-13)17-8-2-1-3-9-17;1-15-11(14)8-2-4-9-7(6-8)3-5-10(12)13-9;1-15-11(14)8-2-4-9-7(6-8)3-5-10(13)12-9;1-15-11(13)9-4-5-10-8(7-9)3-2-6-12(10)14;1-14-11(13)9-4-5-10-8(7-9)3-2-6-12-10;1-3(5)7-4(2)6/h5-6,9-14,17H,4,7-8,15-16,18H2,1-3H3,(H,29,32);5-8,11H,2-4,9-10H2,1H3;4-7,10H,1-3,8-9H2,(H,18,19);2-6H,1H3;2-6H,1H3,(H,12,13);2-7H,1H3;2-7H,1H3;1-2H3. The summed E-state index contributed by atoms with van der Waals surface area (Å²) in [6.45, 7) is 14.2. The third-order valence-corrected chi connectivity index (χ3v) is 22.0. The smallest absolute Gasteiger partial charge is 0.412 e. The number of nitrogens with one attached hydrogen (secondary N) is 2. The van der Waals surface area contributed by atoms with Gasteiger partial charge in [0.25, 0.3) is 0 Å². The number of Topliss-reactive ketones (excluding diaryl/α,β-unsaturated/α-hetero) is 1. The number of piperidine rings is 3. The van der Waals surface area contributed by atoms with E-state index in [-0.39, 0.29) is 41.6 Å². The lowest BCUT2D eigenvalue weighted by Crippen LogP contribution is -2.30. The van der Waals surface area contributed by atoms with Crippen molar-refractivity contribution >= 4 is 171 Å². The molecule has 8 aromatic carbocycles. The Kier molecular flexibility index (Phi) is 36.9. The molecule has 0 saturated carbocycles. The predicted molar refractivity (Wildman–Crippen MR) is 530 cm³/mol. The summed E-state index contributed by atoms with van der Waals surface area (Å²) in [5.41, 5.74) is 9.56. The first kappa shape index (κ1) is 102. The fourth-order valence-electron chi connectivity index (χ4n) is 15.0. The zero-order valence-electron chi connectivity index (χ0n) is 78.1. The van der Waals surface area contributed by atoms with E-state index in [0.29, 0.717) is 60.8 Å². The van der Waals surface area contributed by atoms with E-state index in [1.54, 1.807) is 128 Å². The van der Waals surface area contributed by atoms with Crippen LogP contribution >= 0.6 is 11.6 Å². The molecular formula is C106H106ClN11O20. The number of pyridine rings is 7. The first-order valence-corrected chi connectivity index (χ1v) is 44.8. The molecule has 0 atom stereocenters. The number of rotatable bonds is 13. The number of hydrogen-bond donors (Lipinski definition) is 3. The molecule has 3 fully saturated rings. The van der Waals surface area contributed by atoms with Crippen molar-refractivity contribution in [3.8, 4) is 0 Å². The Morgan fingerprint density at radius 3 is 1.25 bits per heavy atom. The fourth-order valence-corrected chi connectivity index (χ4v) is 15.1. The first-order chi connectivity index (χ1) is 66.4. The van der Waals surface area contributed by atoms with Crippen LogP contribution in [-0.4, -0.2) is 175 Å². The number of ether oxygens (including phenoxy) is 7. The molecule has 18 rings (SSSR count). The van der Waals surface area contributed by atoms with Gasteiger partial charge in [0, 0.05) is 133 Å². The van der Waals surface area contributed by atoms with Crippen molar-refractivity contribution in [1.82, 2.24) is 29.9 Å². The lowest BCUT2D eigenvalue weighted by Gasteiger charge is -2.27. The third-order valence-electron chi connectivity index (χ3n) is 21.8. The number of nitrogens with zero attached hydrogens (tertiary/aromatic N) is 9. The summed E-state index contributed by atoms with van der Waals surface area (Å²) in [5.74, 6) is -0.796. The third kappa shape index (κ3) is 29.7. The van der Waals surface area contributed by atoms with Gasteiger partial charge >= 0.3 is 53.8 Å². The summed E-state index contributed by atoms with van der Waals surface area (Å²) in [6, 6.07) is 69.5. The van der Waals surface area contributed by atoms with Gasteiger partial charge in [-0.3, -0.25) is 29.5 Å². The molecule has 138 heavy (non-hydrogen) atoms. The van der Waals surface area contributed by atoms with Crippen LogP contribution in [0.1, 0.15) is 170 Å². The topological polar surface area (TPSA) is 402 Å². The van der Waals surface area contributed by atoms with Crippen molar-refractivity contribution in [1.29, 1.82) is 0 Å². The minimum Gasteiger partial charge on any atom is -0.618 e. The molecule has 3 aliphatic heterocycles. The van der Waals surface area contributed by atoms with Gasteiger partial charge in [0.2, 0.25) is 11.1 Å². The molecule has 7 aromatic heterocycles. The normalized spacial score (nSPS) is 12.5. The number of amides is 1. The predicted octanol–water partition coefficient (Wildman–Crippen LogP) is 19.3. The highest BCUT2D eigenvalue weighted by Crippen LogP contribution is 2.29. The largest absolute Gasteiger partial charge is 0.618 e. The van der Waals surface area contributed by atoms with Crippen LogP contribution in [0.15, 0.2) is 254 Å². The summed E-state index contributed by atoms with van der Waals surface area (Å²) in [5, 5.41) is 29.6. The molecule has 15 aromatic rings. The van der Waals surface area contributed by atoms with Gasteiger partial charge in [0.1, 0.15) is 28.2 Å². The number of aromatic amines is 1. The second kappa shape index (κ2) is 49.7. The maximum atomic E-state index is 13.1. The van der Waals surface area contributed by atoms with Crippen molar-refractivity contribution in [3.05, 3.63) is 314 Å². The van der Waals surface area contributed by atoms with Crippen LogP contribution in [0.2, 0.25) is 5.15 Å². The van der Waals surface area contributed by atoms with Gasteiger partial charge in [-0.1, -0.05) is 35.9 Å². The summed E-state index contributed by atoms with van der Waals surface area (Å²) in [7, 11) is 6.78. The Balaban J connectivity index is 0.000000156. The fraction of sp³-hybridized carbons (Fsp3) is 0.255. The summed E-state index contributed by atoms with van der Waals surface area (Å²) in [6.07, 6.45) is 14.0. The number of methoxy groups -OCH3 is 5. The molecule has 3 saturated heterocycles. The Hall–Kier alpha value is -16.2. The van der Waals surface area contributed by atoms with Crippen molar-refractivity contribution in [3.63, 3.8) is 0 Å². The van der Waals surface area contributed by atoms with Crippen molar-refractivity contribution in [2.45, 2.75) is 104 Å². The average Bonchev–Trinajstić information content (AvgIpc) is 0.846. The molecule has 0 radical (unpaired) electrons. The van der Waals surface area contributed by atoms with Crippen LogP contribution in [0.4, 0.5) is 27.9 Å². The summed E-state index contributed by atoms with van der Waals surface area (Å²) in [4.78, 5) is 155. The molecule has 0 spiro atoms. The molecule has 712 valence electrons. The van der Waals surface area contributed by atoms with E-state index in [1.807, 2.05) is 130 Å². The number of ketones is 1. The van der Waals surface area contributed by atoms with Crippen LogP contribution in [0.25, 0.3) is 76.3 Å². The van der Waals surface area contributed by atoms with E-state index in [9.17, 15) is 57.9 Å². The number of para-hydroxylation sites is 1. The molecule has 10 heterocycles. The second-order valence-corrected chi connectivity index (χ2v) is 33.2. The second-order valence-electron chi connectivity index (χ2n) is 32.8. The Morgan fingerprint density at radius 2 is 0.797 bits per heavy atom. The number of aromatic carboxylic acids is 1. The number of carbonyl (C=O) groups is 10. The molecule has 0 bridgehead atoms. The molecule has 31 nitrogen and oxygen atoms in total. The number of carboxylic acids is 1. The highest BCUT2D eigenvalue weighted by molar-refractivity contribution is 6.29. The van der Waals surface area contributed by atoms with E-state index in [0.717, 1.165) is 132 Å². The van der Waals surface area contributed by atoms with Crippen LogP contribution < -0.4 is 30.3 Å². The number of carbonyl (C=O) groups excluding carboxylic acids is 9. The van der Waals surface area contributed by atoms with Crippen molar-refractivity contribution < 1.29 is 90.9 Å². The number of fused-ring (bicyclic) bond motifs is 7. The Morgan fingerprint density at radius 1 is 0.420 bits per heavy atom. The highest BCUT2D eigenvalue weighted by atomic mass is 35.5. The minimum absolute atomic E-state index is 0.0181. The zero-order valence-corrected chi connectivity index (χ0v) is 78.8. The van der Waals surface area contributed by atoms with Crippen LogP contribution in [-0.2, 0) is 49.2 Å². The number of hydrogen-bond acceptors (Lipinski definition) is 27. The maximum absolute atomic E-state index is 13.1. The summed E-state index contributed by atoms with van der Waals surface area (Å²) >= 11 is 5.75. The molecule has 0 aliphatic carbocycles. The quantitative estimate of drug-likeness (QED) is 0.0183.